The summed E-state index contributed by atoms with van der Waals surface area (Å²) in [6.07, 6.45) is 0. The molecule has 3 rings (SSSR count). The minimum atomic E-state index is -0.360. The SMILES string of the molecule is O=C(Nc1cc(Cl)ccc1Cl)c1cccc(C(=O)N2CCOCC2)c1. The van der Waals surface area contributed by atoms with Crippen LogP contribution in [0.25, 0.3) is 0 Å². The number of rotatable bonds is 3. The van der Waals surface area contributed by atoms with Gasteiger partial charge in [-0.15, -0.1) is 0 Å². The van der Waals surface area contributed by atoms with Crippen molar-refractivity contribution >= 4 is 40.7 Å². The Labute approximate surface area is 155 Å². The van der Waals surface area contributed by atoms with Crippen LogP contribution in [0.2, 0.25) is 10.0 Å². The van der Waals surface area contributed by atoms with E-state index in [1.807, 2.05) is 0 Å². The number of benzene rings is 2. The van der Waals surface area contributed by atoms with Crippen LogP contribution in [-0.2, 0) is 4.74 Å². The Morgan fingerprint density at radius 1 is 1.00 bits per heavy atom. The minimum Gasteiger partial charge on any atom is -0.378 e. The van der Waals surface area contributed by atoms with Crippen LogP contribution in [0.4, 0.5) is 5.69 Å². The molecule has 0 spiro atoms. The summed E-state index contributed by atoms with van der Waals surface area (Å²) < 4.78 is 5.25. The number of nitrogens with one attached hydrogen (secondary N) is 1. The quantitative estimate of drug-likeness (QED) is 0.885. The maximum atomic E-state index is 12.5. The molecule has 2 aromatic carbocycles. The minimum absolute atomic E-state index is 0.112. The molecule has 2 amide bonds. The van der Waals surface area contributed by atoms with E-state index in [0.717, 1.165) is 0 Å². The van der Waals surface area contributed by atoms with Crippen molar-refractivity contribution in [1.29, 1.82) is 0 Å². The van der Waals surface area contributed by atoms with Crippen LogP contribution in [0.5, 0.6) is 0 Å². The molecule has 0 saturated carbocycles. The molecule has 7 heteroatoms. The lowest BCUT2D eigenvalue weighted by Crippen LogP contribution is -2.40. The van der Waals surface area contributed by atoms with Gasteiger partial charge in [-0.2, -0.15) is 0 Å². The van der Waals surface area contributed by atoms with E-state index >= 15 is 0 Å². The maximum absolute atomic E-state index is 12.5. The summed E-state index contributed by atoms with van der Waals surface area (Å²) in [5, 5.41) is 3.57. The Morgan fingerprint density at radius 2 is 1.72 bits per heavy atom. The third-order valence-corrected chi connectivity index (χ3v) is 4.41. The normalized spacial score (nSPS) is 14.2. The first kappa shape index (κ1) is 17.7. The lowest BCUT2D eigenvalue weighted by Gasteiger charge is -2.27. The summed E-state index contributed by atoms with van der Waals surface area (Å²) in [6, 6.07) is 11.4. The third kappa shape index (κ3) is 4.31. The molecule has 0 aliphatic carbocycles. The molecule has 0 radical (unpaired) electrons. The maximum Gasteiger partial charge on any atom is 0.255 e. The topological polar surface area (TPSA) is 58.6 Å². The summed E-state index contributed by atoms with van der Waals surface area (Å²) in [7, 11) is 0. The Balaban J connectivity index is 1.77. The molecule has 1 aliphatic heterocycles. The van der Waals surface area contributed by atoms with Crippen LogP contribution in [0.3, 0.4) is 0 Å². The Bertz CT molecular complexity index is 805. The highest BCUT2D eigenvalue weighted by molar-refractivity contribution is 6.35. The number of carbonyl (C=O) groups is 2. The molecular formula is C18H16Cl2N2O3. The second kappa shape index (κ2) is 7.87. The van der Waals surface area contributed by atoms with Gasteiger partial charge in [-0.1, -0.05) is 29.3 Å². The lowest BCUT2D eigenvalue weighted by molar-refractivity contribution is 0.0303. The van der Waals surface area contributed by atoms with Crippen molar-refractivity contribution in [2.45, 2.75) is 0 Å². The number of carbonyl (C=O) groups excluding carboxylic acids is 2. The van der Waals surface area contributed by atoms with Crippen LogP contribution in [0.15, 0.2) is 42.5 Å². The monoisotopic (exact) mass is 378 g/mol. The van der Waals surface area contributed by atoms with E-state index in [0.29, 0.717) is 53.2 Å². The van der Waals surface area contributed by atoms with Crippen molar-refractivity contribution in [2.75, 3.05) is 31.6 Å². The highest BCUT2D eigenvalue weighted by atomic mass is 35.5. The first-order valence-corrected chi connectivity index (χ1v) is 8.53. The number of ether oxygens (including phenoxy) is 1. The summed E-state index contributed by atoms with van der Waals surface area (Å²) in [4.78, 5) is 26.7. The van der Waals surface area contributed by atoms with E-state index in [-0.39, 0.29) is 11.8 Å². The van der Waals surface area contributed by atoms with Crippen LogP contribution in [0, 0.1) is 0 Å². The summed E-state index contributed by atoms with van der Waals surface area (Å²) >= 11 is 12.0. The average Bonchev–Trinajstić information content (AvgIpc) is 2.65. The summed E-state index contributed by atoms with van der Waals surface area (Å²) in [5.74, 6) is -0.473. The van der Waals surface area contributed by atoms with Gasteiger partial charge in [0.1, 0.15) is 0 Å². The smallest absolute Gasteiger partial charge is 0.255 e. The molecule has 130 valence electrons. The van der Waals surface area contributed by atoms with Gasteiger partial charge in [-0.3, -0.25) is 9.59 Å². The molecule has 1 aliphatic rings. The predicted molar refractivity (Wildman–Crippen MR) is 97.6 cm³/mol. The fourth-order valence-corrected chi connectivity index (χ4v) is 2.87. The van der Waals surface area contributed by atoms with E-state index in [9.17, 15) is 9.59 Å². The molecule has 0 atom stereocenters. The fraction of sp³-hybridized carbons (Fsp3) is 0.222. The highest BCUT2D eigenvalue weighted by Crippen LogP contribution is 2.26. The first-order chi connectivity index (χ1) is 12.0. The van der Waals surface area contributed by atoms with E-state index in [2.05, 4.69) is 5.32 Å². The van der Waals surface area contributed by atoms with Crippen LogP contribution in [-0.4, -0.2) is 43.0 Å². The fourth-order valence-electron chi connectivity index (χ4n) is 2.53. The first-order valence-electron chi connectivity index (χ1n) is 7.78. The van der Waals surface area contributed by atoms with Gasteiger partial charge in [-0.05, 0) is 36.4 Å². The number of nitrogens with zero attached hydrogens (tertiary/aromatic N) is 1. The number of anilines is 1. The van der Waals surface area contributed by atoms with Gasteiger partial charge in [0, 0.05) is 29.2 Å². The second-order valence-corrected chi connectivity index (χ2v) is 6.41. The van der Waals surface area contributed by atoms with Crippen molar-refractivity contribution in [3.8, 4) is 0 Å². The summed E-state index contributed by atoms with van der Waals surface area (Å²) in [6.45, 7) is 2.15. The molecule has 2 aromatic rings. The molecule has 1 saturated heterocycles. The molecule has 0 bridgehead atoms. The standard InChI is InChI=1S/C18H16Cl2N2O3/c19-14-4-5-15(20)16(11-14)21-17(23)12-2-1-3-13(10-12)18(24)22-6-8-25-9-7-22/h1-5,10-11H,6-9H2,(H,21,23). The highest BCUT2D eigenvalue weighted by Gasteiger charge is 2.19. The van der Waals surface area contributed by atoms with Gasteiger partial charge in [0.05, 0.1) is 23.9 Å². The number of halogens is 2. The van der Waals surface area contributed by atoms with Gasteiger partial charge in [-0.25, -0.2) is 0 Å². The molecule has 1 N–H and O–H groups in total. The van der Waals surface area contributed by atoms with E-state index < -0.39 is 0 Å². The zero-order valence-corrected chi connectivity index (χ0v) is 14.8. The summed E-state index contributed by atoms with van der Waals surface area (Å²) in [5.41, 5.74) is 1.26. The molecule has 0 unspecified atom stereocenters. The van der Waals surface area contributed by atoms with Crippen LogP contribution >= 0.6 is 23.2 Å². The third-order valence-electron chi connectivity index (χ3n) is 3.85. The lowest BCUT2D eigenvalue weighted by atomic mass is 10.1. The van der Waals surface area contributed by atoms with Gasteiger partial charge in [0.2, 0.25) is 0 Å². The molecule has 0 aromatic heterocycles. The predicted octanol–water partition coefficient (Wildman–Crippen LogP) is 3.72. The Hall–Kier alpha value is -2.08. The van der Waals surface area contributed by atoms with Gasteiger partial charge in [0.15, 0.2) is 0 Å². The molecule has 25 heavy (non-hydrogen) atoms. The number of hydrogen-bond acceptors (Lipinski definition) is 3. The Kier molecular flexibility index (Phi) is 5.58. The van der Waals surface area contributed by atoms with Crippen molar-refractivity contribution < 1.29 is 14.3 Å². The van der Waals surface area contributed by atoms with Gasteiger partial charge in [0.25, 0.3) is 11.8 Å². The average molecular weight is 379 g/mol. The zero-order valence-electron chi connectivity index (χ0n) is 13.3. The van der Waals surface area contributed by atoms with Gasteiger partial charge >= 0.3 is 0 Å². The number of hydrogen-bond donors (Lipinski definition) is 1. The zero-order chi connectivity index (χ0) is 17.8. The van der Waals surface area contributed by atoms with Crippen LogP contribution < -0.4 is 5.32 Å². The second-order valence-electron chi connectivity index (χ2n) is 5.56. The van der Waals surface area contributed by atoms with Crippen molar-refractivity contribution in [3.05, 3.63) is 63.6 Å². The van der Waals surface area contributed by atoms with Crippen LogP contribution in [0.1, 0.15) is 20.7 Å². The molecule has 5 nitrogen and oxygen atoms in total. The largest absolute Gasteiger partial charge is 0.378 e. The van der Waals surface area contributed by atoms with E-state index in [4.69, 9.17) is 27.9 Å². The number of morpholine rings is 1. The van der Waals surface area contributed by atoms with E-state index in [1.165, 1.54) is 0 Å². The molecule has 1 fully saturated rings. The molecule has 1 heterocycles. The number of amides is 2. The Morgan fingerprint density at radius 3 is 2.48 bits per heavy atom. The van der Waals surface area contributed by atoms with Crippen molar-refractivity contribution in [2.24, 2.45) is 0 Å². The van der Waals surface area contributed by atoms with Crippen molar-refractivity contribution in [1.82, 2.24) is 4.90 Å². The van der Waals surface area contributed by atoms with Crippen molar-refractivity contribution in [3.63, 3.8) is 0 Å². The molecular weight excluding hydrogens is 363 g/mol. The van der Waals surface area contributed by atoms with E-state index in [1.54, 1.807) is 47.4 Å². The van der Waals surface area contributed by atoms with Gasteiger partial charge < -0.3 is 15.0 Å².